The van der Waals surface area contributed by atoms with Crippen LogP contribution >= 0.6 is 0 Å². The number of unbranched alkanes of at least 4 members (excludes halogenated alkanes) is 3. The van der Waals surface area contributed by atoms with Crippen molar-refractivity contribution < 1.29 is 35.4 Å². The lowest BCUT2D eigenvalue weighted by atomic mass is 9.69. The topological polar surface area (TPSA) is 192 Å². The van der Waals surface area contributed by atoms with Crippen LogP contribution in [-0.4, -0.2) is 65.9 Å². The van der Waals surface area contributed by atoms with E-state index in [1.165, 1.54) is 25.3 Å². The Morgan fingerprint density at radius 3 is 2.34 bits per heavy atom. The molecular formula is C51H69N3O7. The third-order valence-corrected chi connectivity index (χ3v) is 14.6. The van der Waals surface area contributed by atoms with Crippen molar-refractivity contribution in [3.05, 3.63) is 96.0 Å². The summed E-state index contributed by atoms with van der Waals surface area (Å²) in [6, 6.07) is 16.7. The molecule has 0 unspecified atom stereocenters. The molecule has 2 aromatic carbocycles. The Morgan fingerprint density at radius 2 is 1.62 bits per heavy atom. The van der Waals surface area contributed by atoms with Crippen LogP contribution in [0.5, 0.6) is 11.5 Å². The summed E-state index contributed by atoms with van der Waals surface area (Å²) < 4.78 is 0. The second kappa shape index (κ2) is 20.1. The standard InChI is InChI=1S/C51H69N3O7/c1-2-3-5-10-32-15-16-36(46(58)25-32)13-8-9-14-37-17-18-41(44-30-42(35-11-6-4-7-12-35)49(54-44)38-27-39(55)29-40(56)28-38)43-24-34(23-33-20-22-53-47(52)26-33)31-51(43,61)21-19-45(57)48(37)50(59)60/h4,6-7,11-12,15-16,20,26-30,32,34,36-37,41,43,45-46,48,53-58,61H,2-3,5,8-10,13-14,17-19,21-25,31,52H2,1H3,(H,59,60)/t32-,34+,36-,37+,41-,43+,45+,46-,48+,51+/m1/s1. The van der Waals surface area contributed by atoms with Crippen molar-refractivity contribution in [2.24, 2.45) is 41.2 Å². The van der Waals surface area contributed by atoms with E-state index in [1.807, 2.05) is 36.4 Å². The minimum atomic E-state index is -1.15. The number of aromatic amines is 1. The summed E-state index contributed by atoms with van der Waals surface area (Å²) in [7, 11) is 0. The highest BCUT2D eigenvalue weighted by Gasteiger charge is 2.51. The number of nitrogens with two attached hydrogens (primary N) is 1. The van der Waals surface area contributed by atoms with Crippen LogP contribution in [-0.2, 0) is 4.79 Å². The molecule has 1 aromatic heterocycles. The first kappa shape index (κ1) is 44.5. The molecule has 10 atom stereocenters. The number of H-pyrrole nitrogens is 1. The first-order valence-corrected chi connectivity index (χ1v) is 23.1. The van der Waals surface area contributed by atoms with Gasteiger partial charge in [0.2, 0.25) is 0 Å². The summed E-state index contributed by atoms with van der Waals surface area (Å²) in [5.74, 6) is -1.41. The summed E-state index contributed by atoms with van der Waals surface area (Å²) >= 11 is 0. The Morgan fingerprint density at radius 1 is 0.869 bits per heavy atom. The molecule has 0 saturated heterocycles. The van der Waals surface area contributed by atoms with E-state index in [2.05, 4.69) is 41.5 Å². The number of aliphatic hydroxyl groups excluding tert-OH is 2. The van der Waals surface area contributed by atoms with Gasteiger partial charge in [0, 0.05) is 41.3 Å². The molecule has 2 saturated carbocycles. The van der Waals surface area contributed by atoms with E-state index < -0.39 is 23.6 Å². The normalized spacial score (nSPS) is 30.5. The number of aliphatic hydroxyl groups is 3. The van der Waals surface area contributed by atoms with Crippen molar-refractivity contribution in [2.45, 2.75) is 133 Å². The Bertz CT molecular complexity index is 2000. The average molecular weight is 836 g/mol. The van der Waals surface area contributed by atoms with Crippen molar-refractivity contribution in [2.75, 3.05) is 6.54 Å². The molecule has 2 heterocycles. The van der Waals surface area contributed by atoms with Gasteiger partial charge in [0.25, 0.3) is 0 Å². The number of aromatic nitrogens is 1. The number of rotatable bonds is 15. The number of hydrogen-bond donors (Lipinski definition) is 9. The third kappa shape index (κ3) is 10.9. The van der Waals surface area contributed by atoms with Gasteiger partial charge in [-0.3, -0.25) is 4.79 Å². The maximum absolute atomic E-state index is 13.1. The highest BCUT2D eigenvalue weighted by molar-refractivity contribution is 5.83. The molecule has 1 aliphatic heterocycles. The molecule has 4 aliphatic rings. The zero-order valence-electron chi connectivity index (χ0n) is 35.9. The fourth-order valence-electron chi connectivity index (χ4n) is 11.5. The van der Waals surface area contributed by atoms with Crippen LogP contribution in [0.2, 0.25) is 0 Å². The largest absolute Gasteiger partial charge is 0.508 e. The maximum atomic E-state index is 13.1. The number of aliphatic carboxylic acids is 1. The van der Waals surface area contributed by atoms with E-state index in [0.717, 1.165) is 73.0 Å². The zero-order chi connectivity index (χ0) is 43.1. The molecule has 2 fully saturated rings. The van der Waals surface area contributed by atoms with Crippen molar-refractivity contribution in [3.63, 3.8) is 0 Å². The maximum Gasteiger partial charge on any atom is 0.309 e. The Hall–Kier alpha value is -4.51. The van der Waals surface area contributed by atoms with Gasteiger partial charge in [-0.15, -0.1) is 0 Å². The third-order valence-electron chi connectivity index (χ3n) is 14.6. The predicted octanol–water partition coefficient (Wildman–Crippen LogP) is 9.27. The van der Waals surface area contributed by atoms with Gasteiger partial charge < -0.3 is 46.7 Å². The molecule has 0 bridgehead atoms. The van der Waals surface area contributed by atoms with Crippen LogP contribution in [0.25, 0.3) is 22.4 Å². The number of hydrogen-bond acceptors (Lipinski definition) is 8. The summed E-state index contributed by atoms with van der Waals surface area (Å²) in [5.41, 5.74) is 10.3. The number of carbonyl (C=O) groups is 1. The van der Waals surface area contributed by atoms with Crippen molar-refractivity contribution in [1.82, 2.24) is 10.3 Å². The fraction of sp³-hybridized carbons (Fsp3) is 0.549. The molecule has 0 spiro atoms. The number of phenols is 2. The number of fused-ring (bicyclic) bond motifs is 1. The first-order chi connectivity index (χ1) is 29.4. The number of allylic oxidation sites excluding steroid dienone is 3. The number of carboxylic acid groups (broad SMARTS) is 1. The summed E-state index contributed by atoms with van der Waals surface area (Å²) in [6.07, 6.45) is 19.5. The van der Waals surface area contributed by atoms with E-state index in [-0.39, 0.29) is 60.0 Å². The molecule has 10 N–H and O–H groups in total. The van der Waals surface area contributed by atoms with E-state index in [4.69, 9.17) is 5.73 Å². The number of aromatic hydroxyl groups is 2. The van der Waals surface area contributed by atoms with Gasteiger partial charge in [-0.2, -0.15) is 0 Å². The molecule has 0 amide bonds. The molecule has 0 radical (unpaired) electrons. The molecule has 3 aromatic rings. The highest BCUT2D eigenvalue weighted by Crippen LogP contribution is 2.54. The SMILES string of the molecule is CCCCC[C@@H]1C=C[C@@H](CCCC[C@H]2CC[C@@H](c3cc(-c4ccccc4)c(-c4cc(O)cc(O)c4)[nH]3)[C@@H]3C[C@H](CC4=CCNC(N)=C4)C[C@@]3(O)CC[C@H](O)[C@H]2C(=O)O)[C@H](O)C1. The molecule has 3 aliphatic carbocycles. The molecule has 61 heavy (non-hydrogen) atoms. The van der Waals surface area contributed by atoms with Crippen LogP contribution in [0.1, 0.15) is 121 Å². The Labute approximate surface area is 361 Å². The van der Waals surface area contributed by atoms with Crippen molar-refractivity contribution in [1.29, 1.82) is 0 Å². The van der Waals surface area contributed by atoms with Gasteiger partial charge in [0.1, 0.15) is 11.5 Å². The highest BCUT2D eigenvalue weighted by atomic mass is 16.4. The quantitative estimate of drug-likeness (QED) is 0.0530. The zero-order valence-corrected chi connectivity index (χ0v) is 35.9. The van der Waals surface area contributed by atoms with E-state index in [0.29, 0.717) is 49.5 Å². The van der Waals surface area contributed by atoms with Crippen LogP contribution in [0, 0.1) is 35.5 Å². The van der Waals surface area contributed by atoms with Gasteiger partial charge in [-0.05, 0) is 130 Å². The second-order valence-corrected chi connectivity index (χ2v) is 18.9. The lowest BCUT2D eigenvalue weighted by Gasteiger charge is -2.39. The molecule has 7 rings (SSSR count). The number of dihydropyridines is 1. The fourth-order valence-corrected chi connectivity index (χ4v) is 11.5. The van der Waals surface area contributed by atoms with E-state index in [1.54, 1.807) is 12.1 Å². The number of benzene rings is 2. The van der Waals surface area contributed by atoms with Crippen LogP contribution in [0.15, 0.2) is 90.3 Å². The molecule has 10 heteroatoms. The second-order valence-electron chi connectivity index (χ2n) is 18.9. The first-order valence-electron chi connectivity index (χ1n) is 23.1. The molecular weight excluding hydrogens is 767 g/mol. The van der Waals surface area contributed by atoms with Crippen molar-refractivity contribution >= 4 is 5.97 Å². The predicted molar refractivity (Wildman–Crippen MR) is 240 cm³/mol. The Kier molecular flexibility index (Phi) is 14.7. The Balaban J connectivity index is 1.19. The summed E-state index contributed by atoms with van der Waals surface area (Å²) in [5, 5.41) is 70.6. The lowest BCUT2D eigenvalue weighted by molar-refractivity contribution is -0.150. The summed E-state index contributed by atoms with van der Waals surface area (Å²) in [6.45, 7) is 2.86. The number of phenolic OH excluding ortho intramolecular Hbond substituents is 2. The summed E-state index contributed by atoms with van der Waals surface area (Å²) in [4.78, 5) is 16.9. The van der Waals surface area contributed by atoms with Gasteiger partial charge in [-0.1, -0.05) is 87.6 Å². The monoisotopic (exact) mass is 836 g/mol. The molecule has 10 nitrogen and oxygen atoms in total. The van der Waals surface area contributed by atoms with Gasteiger partial charge in [-0.25, -0.2) is 0 Å². The number of carboxylic acids is 1. The minimum absolute atomic E-state index is 0.0551. The van der Waals surface area contributed by atoms with E-state index in [9.17, 15) is 35.4 Å². The van der Waals surface area contributed by atoms with Crippen LogP contribution in [0.3, 0.4) is 0 Å². The van der Waals surface area contributed by atoms with Crippen LogP contribution < -0.4 is 11.1 Å². The number of nitrogens with one attached hydrogen (secondary N) is 2. The van der Waals surface area contributed by atoms with Gasteiger partial charge in [0.15, 0.2) is 0 Å². The lowest BCUT2D eigenvalue weighted by Crippen LogP contribution is -2.42. The van der Waals surface area contributed by atoms with Crippen molar-refractivity contribution in [3.8, 4) is 33.9 Å². The average Bonchev–Trinajstić information content (AvgIpc) is 3.81. The minimum Gasteiger partial charge on any atom is -0.508 e. The smallest absolute Gasteiger partial charge is 0.309 e. The van der Waals surface area contributed by atoms with Gasteiger partial charge >= 0.3 is 5.97 Å². The van der Waals surface area contributed by atoms with E-state index >= 15 is 0 Å². The molecule has 330 valence electrons. The van der Waals surface area contributed by atoms with Crippen LogP contribution in [0.4, 0.5) is 0 Å². The van der Waals surface area contributed by atoms with Gasteiger partial charge in [0.05, 0.1) is 35.2 Å².